The van der Waals surface area contributed by atoms with Gasteiger partial charge in [0.05, 0.1) is 5.92 Å². The van der Waals surface area contributed by atoms with Crippen LogP contribution in [0, 0.1) is 23.2 Å². The molecule has 3 unspecified atom stereocenters. The van der Waals surface area contributed by atoms with Gasteiger partial charge in [0.1, 0.15) is 0 Å². The monoisotopic (exact) mass is 281 g/mol. The van der Waals surface area contributed by atoms with E-state index >= 15 is 0 Å². The number of rotatable bonds is 4. The molecule has 3 atom stereocenters. The number of amides is 2. The fourth-order valence-electron chi connectivity index (χ4n) is 3.35. The summed E-state index contributed by atoms with van der Waals surface area (Å²) in [4.78, 5) is 37.1. The summed E-state index contributed by atoms with van der Waals surface area (Å²) in [5.41, 5.74) is -0.149. The minimum absolute atomic E-state index is 0.0251. The molecule has 0 aromatic carbocycles. The van der Waals surface area contributed by atoms with Gasteiger partial charge in [-0.1, -0.05) is 20.8 Å². The zero-order valence-corrected chi connectivity index (χ0v) is 12.4. The molecule has 0 aromatic heterocycles. The molecule has 2 aliphatic rings. The van der Waals surface area contributed by atoms with Gasteiger partial charge in [0.25, 0.3) is 0 Å². The highest BCUT2D eigenvalue weighted by Crippen LogP contribution is 2.38. The molecule has 1 aliphatic carbocycles. The van der Waals surface area contributed by atoms with E-state index < -0.39 is 11.9 Å². The molecule has 0 radical (unpaired) electrons. The van der Waals surface area contributed by atoms with Crippen molar-refractivity contribution in [1.82, 2.24) is 4.90 Å². The molecule has 0 aromatic rings. The van der Waals surface area contributed by atoms with E-state index in [1.807, 2.05) is 20.8 Å². The van der Waals surface area contributed by atoms with Crippen molar-refractivity contribution in [2.75, 3.05) is 6.54 Å². The van der Waals surface area contributed by atoms with Crippen LogP contribution < -0.4 is 0 Å². The van der Waals surface area contributed by atoms with Crippen molar-refractivity contribution >= 4 is 17.8 Å². The van der Waals surface area contributed by atoms with Crippen molar-refractivity contribution in [3.05, 3.63) is 0 Å². The summed E-state index contributed by atoms with van der Waals surface area (Å²) in [5, 5.41) is 9.34. The molecule has 2 rings (SSSR count). The number of carbonyl (C=O) groups is 3. The molecule has 1 heterocycles. The van der Waals surface area contributed by atoms with Gasteiger partial charge in [-0.2, -0.15) is 0 Å². The normalized spacial score (nSPS) is 27.9. The molecule has 112 valence electrons. The quantitative estimate of drug-likeness (QED) is 0.799. The number of nitrogens with zero attached hydrogens (tertiary/aromatic N) is 1. The Bertz CT molecular complexity index is 416. The van der Waals surface area contributed by atoms with Crippen LogP contribution in [0.15, 0.2) is 0 Å². The Morgan fingerprint density at radius 3 is 2.15 bits per heavy atom. The molecule has 2 amide bonds. The summed E-state index contributed by atoms with van der Waals surface area (Å²) in [6, 6.07) is 0. The second-order valence-electron chi connectivity index (χ2n) is 7.29. The maximum Gasteiger partial charge on any atom is 0.308 e. The molecule has 1 saturated carbocycles. The average molecular weight is 281 g/mol. The number of hydrogen-bond acceptors (Lipinski definition) is 3. The Morgan fingerprint density at radius 2 is 1.75 bits per heavy atom. The van der Waals surface area contributed by atoms with Crippen LogP contribution in [-0.4, -0.2) is 34.3 Å². The summed E-state index contributed by atoms with van der Waals surface area (Å²) in [6.45, 7) is 5.92. The fraction of sp³-hybridized carbons (Fsp3) is 0.800. The minimum Gasteiger partial charge on any atom is -0.481 e. The fourth-order valence-corrected chi connectivity index (χ4v) is 3.35. The predicted molar refractivity (Wildman–Crippen MR) is 72.7 cm³/mol. The van der Waals surface area contributed by atoms with Crippen LogP contribution in [0.5, 0.6) is 0 Å². The Morgan fingerprint density at radius 1 is 1.25 bits per heavy atom. The van der Waals surface area contributed by atoms with Crippen LogP contribution in [0.25, 0.3) is 0 Å². The third kappa shape index (κ3) is 3.02. The SMILES string of the molecule is CC(C)(C)CC(CN1C(=O)C2CCC(C2)C1=O)C(=O)O. The van der Waals surface area contributed by atoms with E-state index in [2.05, 4.69) is 0 Å². The summed E-state index contributed by atoms with van der Waals surface area (Å²) >= 11 is 0. The number of carboxylic acid groups (broad SMARTS) is 1. The first-order valence-electron chi connectivity index (χ1n) is 7.27. The lowest BCUT2D eigenvalue weighted by Gasteiger charge is -2.33. The van der Waals surface area contributed by atoms with Crippen LogP contribution in [0.2, 0.25) is 0 Å². The highest BCUT2D eigenvalue weighted by atomic mass is 16.4. The van der Waals surface area contributed by atoms with Gasteiger partial charge in [0.15, 0.2) is 0 Å². The van der Waals surface area contributed by atoms with Crippen LogP contribution in [0.3, 0.4) is 0 Å². The average Bonchev–Trinajstić information content (AvgIpc) is 2.76. The number of fused-ring (bicyclic) bond motifs is 2. The van der Waals surface area contributed by atoms with Gasteiger partial charge in [0, 0.05) is 18.4 Å². The van der Waals surface area contributed by atoms with Gasteiger partial charge >= 0.3 is 5.97 Å². The third-order valence-corrected chi connectivity index (χ3v) is 4.27. The standard InChI is InChI=1S/C15H23NO4/c1-15(2,3)7-11(14(19)20)8-16-12(17)9-4-5-10(6-9)13(16)18/h9-11H,4-8H2,1-3H3,(H,19,20). The van der Waals surface area contributed by atoms with E-state index in [1.165, 1.54) is 4.90 Å². The van der Waals surface area contributed by atoms with Gasteiger partial charge in [-0.05, 0) is 31.1 Å². The lowest BCUT2D eigenvalue weighted by atomic mass is 9.84. The van der Waals surface area contributed by atoms with E-state index in [9.17, 15) is 19.5 Å². The second kappa shape index (κ2) is 5.19. The van der Waals surface area contributed by atoms with E-state index in [0.29, 0.717) is 12.8 Å². The largest absolute Gasteiger partial charge is 0.481 e. The summed E-state index contributed by atoms with van der Waals surface area (Å²) in [5.74, 6) is -2.07. The molecular formula is C15H23NO4. The van der Waals surface area contributed by atoms with Gasteiger partial charge < -0.3 is 5.11 Å². The number of carbonyl (C=O) groups excluding carboxylic acids is 2. The first kappa shape index (κ1) is 15.0. The van der Waals surface area contributed by atoms with Crippen molar-refractivity contribution in [3.63, 3.8) is 0 Å². The molecule has 5 nitrogen and oxygen atoms in total. The molecule has 20 heavy (non-hydrogen) atoms. The van der Waals surface area contributed by atoms with Gasteiger partial charge in [0.2, 0.25) is 11.8 Å². The number of carboxylic acids is 1. The molecule has 2 bridgehead atoms. The number of hydrogen-bond donors (Lipinski definition) is 1. The van der Waals surface area contributed by atoms with E-state index in [4.69, 9.17) is 0 Å². The van der Waals surface area contributed by atoms with Gasteiger partial charge in [-0.15, -0.1) is 0 Å². The van der Waals surface area contributed by atoms with Crippen LogP contribution in [0.4, 0.5) is 0 Å². The number of imide groups is 1. The molecular weight excluding hydrogens is 258 g/mol. The maximum absolute atomic E-state index is 12.2. The number of likely N-dealkylation sites (tertiary alicyclic amines) is 1. The lowest BCUT2D eigenvalue weighted by molar-refractivity contribution is -0.155. The summed E-state index contributed by atoms with van der Waals surface area (Å²) in [7, 11) is 0. The molecule has 1 aliphatic heterocycles. The van der Waals surface area contributed by atoms with Crippen LogP contribution in [-0.2, 0) is 14.4 Å². The highest BCUT2D eigenvalue weighted by Gasteiger charge is 2.46. The molecule has 5 heteroatoms. The topological polar surface area (TPSA) is 74.7 Å². The third-order valence-electron chi connectivity index (χ3n) is 4.27. The molecule has 1 saturated heterocycles. The maximum atomic E-state index is 12.2. The highest BCUT2D eigenvalue weighted by molar-refractivity contribution is 6.01. The Hall–Kier alpha value is -1.39. The van der Waals surface area contributed by atoms with Crippen molar-refractivity contribution in [2.45, 2.75) is 46.5 Å². The van der Waals surface area contributed by atoms with Gasteiger partial charge in [-0.3, -0.25) is 19.3 Å². The zero-order valence-electron chi connectivity index (χ0n) is 12.4. The van der Waals surface area contributed by atoms with Crippen molar-refractivity contribution in [3.8, 4) is 0 Å². The molecule has 2 fully saturated rings. The Labute approximate surface area is 119 Å². The molecule has 1 N–H and O–H groups in total. The van der Waals surface area contributed by atoms with Crippen LogP contribution in [0.1, 0.15) is 46.5 Å². The minimum atomic E-state index is -0.932. The Kier molecular flexibility index (Phi) is 3.89. The number of aliphatic carboxylic acids is 1. The lowest BCUT2D eigenvalue weighted by Crippen LogP contribution is -2.49. The predicted octanol–water partition coefficient (Wildman–Crippen LogP) is 1.91. The first-order chi connectivity index (χ1) is 9.19. The molecule has 0 spiro atoms. The van der Waals surface area contributed by atoms with Crippen LogP contribution >= 0.6 is 0 Å². The zero-order chi connectivity index (χ0) is 15.1. The van der Waals surface area contributed by atoms with Crippen molar-refractivity contribution in [2.24, 2.45) is 23.2 Å². The van der Waals surface area contributed by atoms with Gasteiger partial charge in [-0.25, -0.2) is 0 Å². The van der Waals surface area contributed by atoms with Crippen molar-refractivity contribution < 1.29 is 19.5 Å². The smallest absolute Gasteiger partial charge is 0.308 e. The first-order valence-corrected chi connectivity index (χ1v) is 7.27. The summed E-state index contributed by atoms with van der Waals surface area (Å²) < 4.78 is 0. The summed E-state index contributed by atoms with van der Waals surface area (Å²) in [6.07, 6.45) is 2.64. The second-order valence-corrected chi connectivity index (χ2v) is 7.29. The van der Waals surface area contributed by atoms with E-state index in [-0.39, 0.29) is 35.6 Å². The number of piperidine rings is 1. The van der Waals surface area contributed by atoms with E-state index in [0.717, 1.165) is 12.8 Å². The van der Waals surface area contributed by atoms with Crippen molar-refractivity contribution in [1.29, 1.82) is 0 Å². The van der Waals surface area contributed by atoms with E-state index in [1.54, 1.807) is 0 Å². The Balaban J connectivity index is 2.11.